The van der Waals surface area contributed by atoms with Gasteiger partial charge in [0.05, 0.1) is 6.07 Å². The molecule has 0 aliphatic carbocycles. The van der Waals surface area contributed by atoms with Gasteiger partial charge >= 0.3 is 0 Å². The molecule has 0 heterocycles. The van der Waals surface area contributed by atoms with Crippen LogP contribution >= 0.6 is 0 Å². The molecule has 1 unspecified atom stereocenters. The number of rotatable bonds is 2. The molecule has 2 nitrogen and oxygen atoms in total. The van der Waals surface area contributed by atoms with Crippen molar-refractivity contribution in [2.75, 3.05) is 0 Å². The predicted octanol–water partition coefficient (Wildman–Crippen LogP) is 2.45. The molecule has 1 atom stereocenters. The van der Waals surface area contributed by atoms with Gasteiger partial charge in [-0.25, -0.2) is 13.2 Å². The van der Waals surface area contributed by atoms with Crippen LogP contribution in [0.2, 0.25) is 0 Å². The molecular formula is C10H6F3NO. The van der Waals surface area contributed by atoms with E-state index in [-0.39, 0.29) is 5.56 Å². The summed E-state index contributed by atoms with van der Waals surface area (Å²) in [5.74, 6) is -6.27. The van der Waals surface area contributed by atoms with E-state index in [4.69, 9.17) is 5.26 Å². The zero-order valence-corrected chi connectivity index (χ0v) is 7.72. The molecule has 0 fully saturated rings. The van der Waals surface area contributed by atoms with E-state index in [9.17, 15) is 18.0 Å². The maximum Gasteiger partial charge on any atom is 0.194 e. The summed E-state index contributed by atoms with van der Waals surface area (Å²) in [5.41, 5.74) is -0.347. The summed E-state index contributed by atoms with van der Waals surface area (Å²) in [4.78, 5) is 11.3. The Bertz CT molecular complexity index is 427. The van der Waals surface area contributed by atoms with Gasteiger partial charge in [-0.1, -0.05) is 0 Å². The van der Waals surface area contributed by atoms with Gasteiger partial charge in [0.1, 0.15) is 5.92 Å². The lowest BCUT2D eigenvalue weighted by atomic mass is 10.0. The first-order valence-corrected chi connectivity index (χ1v) is 4.05. The van der Waals surface area contributed by atoms with Gasteiger partial charge in [-0.3, -0.25) is 4.79 Å². The van der Waals surface area contributed by atoms with E-state index in [0.29, 0.717) is 12.1 Å². The molecule has 0 amide bonds. The van der Waals surface area contributed by atoms with Crippen molar-refractivity contribution in [2.45, 2.75) is 6.92 Å². The Morgan fingerprint density at radius 3 is 2.20 bits per heavy atom. The lowest BCUT2D eigenvalue weighted by molar-refractivity contribution is 0.0955. The third-order valence-electron chi connectivity index (χ3n) is 1.86. The quantitative estimate of drug-likeness (QED) is 0.559. The molecule has 0 saturated carbocycles. The summed E-state index contributed by atoms with van der Waals surface area (Å²) < 4.78 is 38.0. The first kappa shape index (κ1) is 11.2. The number of nitriles is 1. The predicted molar refractivity (Wildman–Crippen MR) is 45.4 cm³/mol. The summed E-state index contributed by atoms with van der Waals surface area (Å²) in [5, 5.41) is 8.43. The molecule has 15 heavy (non-hydrogen) atoms. The maximum atomic E-state index is 12.7. The number of carbonyl (C=O) groups excluding carboxylic acids is 1. The highest BCUT2D eigenvalue weighted by atomic mass is 19.2. The van der Waals surface area contributed by atoms with Crippen molar-refractivity contribution >= 4 is 5.78 Å². The molecule has 5 heteroatoms. The number of halogens is 3. The lowest BCUT2D eigenvalue weighted by Gasteiger charge is -2.03. The molecule has 78 valence electrons. The minimum Gasteiger partial charge on any atom is -0.293 e. The Morgan fingerprint density at radius 2 is 1.80 bits per heavy atom. The highest BCUT2D eigenvalue weighted by molar-refractivity contribution is 5.99. The van der Waals surface area contributed by atoms with E-state index >= 15 is 0 Å². The summed E-state index contributed by atoms with van der Waals surface area (Å²) >= 11 is 0. The van der Waals surface area contributed by atoms with E-state index in [1.165, 1.54) is 6.92 Å². The average Bonchev–Trinajstić information content (AvgIpc) is 2.23. The molecule has 0 spiro atoms. The maximum absolute atomic E-state index is 12.7. The van der Waals surface area contributed by atoms with Gasteiger partial charge < -0.3 is 0 Å². The molecule has 0 aromatic heterocycles. The molecule has 0 aliphatic heterocycles. The zero-order chi connectivity index (χ0) is 11.6. The van der Waals surface area contributed by atoms with Crippen LogP contribution in [0.4, 0.5) is 13.2 Å². The number of ketones is 1. The second-order valence-electron chi connectivity index (χ2n) is 2.97. The van der Waals surface area contributed by atoms with Crippen LogP contribution in [0.5, 0.6) is 0 Å². The standard InChI is InChI=1S/C10H6F3NO/c1-5(4-14)10(15)6-2-7(11)9(13)8(12)3-6/h2-3,5H,1H3. The molecule has 0 N–H and O–H groups in total. The van der Waals surface area contributed by atoms with Crippen molar-refractivity contribution in [3.05, 3.63) is 35.1 Å². The van der Waals surface area contributed by atoms with Crippen LogP contribution in [-0.2, 0) is 0 Å². The Morgan fingerprint density at radius 1 is 1.33 bits per heavy atom. The van der Waals surface area contributed by atoms with Gasteiger partial charge in [-0.15, -0.1) is 0 Å². The summed E-state index contributed by atoms with van der Waals surface area (Å²) in [6, 6.07) is 2.78. The second kappa shape index (κ2) is 4.13. The number of hydrogen-bond donors (Lipinski definition) is 0. The van der Waals surface area contributed by atoms with Gasteiger partial charge in [0.15, 0.2) is 23.2 Å². The SMILES string of the molecule is CC(C#N)C(=O)c1cc(F)c(F)c(F)c1. The van der Waals surface area contributed by atoms with Crippen LogP contribution < -0.4 is 0 Å². The van der Waals surface area contributed by atoms with Crippen molar-refractivity contribution in [1.82, 2.24) is 0 Å². The van der Waals surface area contributed by atoms with Crippen molar-refractivity contribution < 1.29 is 18.0 Å². The van der Waals surface area contributed by atoms with Gasteiger partial charge in [0.2, 0.25) is 0 Å². The fourth-order valence-electron chi connectivity index (χ4n) is 1.01. The van der Waals surface area contributed by atoms with Gasteiger partial charge in [0, 0.05) is 5.56 Å². The molecule has 0 bridgehead atoms. The largest absolute Gasteiger partial charge is 0.293 e. The number of Topliss-reactive ketones (excluding diaryl/α,β-unsaturated/α-hetero) is 1. The van der Waals surface area contributed by atoms with Crippen LogP contribution in [0.15, 0.2) is 12.1 Å². The topological polar surface area (TPSA) is 40.9 Å². The van der Waals surface area contributed by atoms with Crippen molar-refractivity contribution in [1.29, 1.82) is 5.26 Å². The van der Waals surface area contributed by atoms with E-state index in [1.807, 2.05) is 0 Å². The number of nitrogens with zero attached hydrogens (tertiary/aromatic N) is 1. The summed E-state index contributed by atoms with van der Waals surface area (Å²) in [6.07, 6.45) is 0. The van der Waals surface area contributed by atoms with E-state index in [1.54, 1.807) is 6.07 Å². The molecule has 0 radical (unpaired) electrons. The molecule has 1 rings (SSSR count). The van der Waals surface area contributed by atoms with Crippen LogP contribution in [0.1, 0.15) is 17.3 Å². The molecule has 1 aromatic rings. The monoisotopic (exact) mass is 213 g/mol. The average molecular weight is 213 g/mol. The summed E-state index contributed by atoms with van der Waals surface area (Å²) in [6.45, 7) is 1.29. The Hall–Kier alpha value is -1.83. The van der Waals surface area contributed by atoms with E-state index in [0.717, 1.165) is 0 Å². The van der Waals surface area contributed by atoms with E-state index < -0.39 is 29.2 Å². The Kier molecular flexibility index (Phi) is 3.10. The fraction of sp³-hybridized carbons (Fsp3) is 0.200. The van der Waals surface area contributed by atoms with Gasteiger partial charge in [-0.2, -0.15) is 5.26 Å². The molecule has 1 aromatic carbocycles. The third kappa shape index (κ3) is 2.15. The van der Waals surface area contributed by atoms with Crippen LogP contribution in [-0.4, -0.2) is 5.78 Å². The smallest absolute Gasteiger partial charge is 0.194 e. The minimum absolute atomic E-state index is 0.347. The third-order valence-corrected chi connectivity index (χ3v) is 1.86. The van der Waals surface area contributed by atoms with Crippen molar-refractivity contribution in [2.24, 2.45) is 5.92 Å². The van der Waals surface area contributed by atoms with Gasteiger partial charge in [-0.05, 0) is 19.1 Å². The highest BCUT2D eigenvalue weighted by Gasteiger charge is 2.19. The van der Waals surface area contributed by atoms with Crippen LogP contribution in [0.3, 0.4) is 0 Å². The van der Waals surface area contributed by atoms with Crippen LogP contribution in [0, 0.1) is 34.7 Å². The van der Waals surface area contributed by atoms with E-state index in [2.05, 4.69) is 0 Å². The number of carbonyl (C=O) groups is 1. The second-order valence-corrected chi connectivity index (χ2v) is 2.97. The molecular weight excluding hydrogens is 207 g/mol. The number of hydrogen-bond acceptors (Lipinski definition) is 2. The molecule has 0 aliphatic rings. The Labute approximate surface area is 83.9 Å². The Balaban J connectivity index is 3.19. The zero-order valence-electron chi connectivity index (χ0n) is 7.72. The van der Waals surface area contributed by atoms with Crippen molar-refractivity contribution in [3.8, 4) is 6.07 Å². The highest BCUT2D eigenvalue weighted by Crippen LogP contribution is 2.16. The number of benzene rings is 1. The van der Waals surface area contributed by atoms with Crippen molar-refractivity contribution in [3.63, 3.8) is 0 Å². The summed E-state index contributed by atoms with van der Waals surface area (Å²) in [7, 11) is 0. The minimum atomic E-state index is -1.63. The van der Waals surface area contributed by atoms with Gasteiger partial charge in [0.25, 0.3) is 0 Å². The normalized spacial score (nSPS) is 11.9. The lowest BCUT2D eigenvalue weighted by Crippen LogP contribution is -2.10. The molecule has 0 saturated heterocycles. The first-order valence-electron chi connectivity index (χ1n) is 4.05. The fourth-order valence-corrected chi connectivity index (χ4v) is 1.01. The van der Waals surface area contributed by atoms with Crippen LogP contribution in [0.25, 0.3) is 0 Å². The first-order chi connectivity index (χ1) is 6.97.